The van der Waals surface area contributed by atoms with Gasteiger partial charge in [0.1, 0.15) is 0 Å². The number of nitrogens with zero attached hydrogens (tertiary/aromatic N) is 2. The SMILES string of the molecule is CN(C(=O)COC(=O)c1cc(-c2cccc3ccccc23)nc2ccccc12)c1ccccc1. The van der Waals surface area contributed by atoms with Crippen molar-refractivity contribution in [2.75, 3.05) is 18.6 Å². The Morgan fingerprint density at radius 2 is 1.47 bits per heavy atom. The van der Waals surface area contributed by atoms with Crippen LogP contribution in [0.4, 0.5) is 5.69 Å². The number of hydrogen-bond donors (Lipinski definition) is 0. The number of fused-ring (bicyclic) bond motifs is 2. The highest BCUT2D eigenvalue weighted by atomic mass is 16.5. The predicted molar refractivity (Wildman–Crippen MR) is 135 cm³/mol. The van der Waals surface area contributed by atoms with Crippen LogP contribution in [0.1, 0.15) is 10.4 Å². The molecule has 0 aliphatic rings. The van der Waals surface area contributed by atoms with Crippen LogP contribution in [-0.2, 0) is 9.53 Å². The van der Waals surface area contributed by atoms with E-state index in [0.29, 0.717) is 22.2 Å². The molecule has 0 saturated heterocycles. The second-order valence-electron chi connectivity index (χ2n) is 7.96. The summed E-state index contributed by atoms with van der Waals surface area (Å²) in [7, 11) is 1.66. The van der Waals surface area contributed by atoms with Gasteiger partial charge in [-0.3, -0.25) is 4.79 Å². The minimum absolute atomic E-state index is 0.313. The van der Waals surface area contributed by atoms with E-state index in [1.165, 1.54) is 4.90 Å². The number of ether oxygens (including phenoxy) is 1. The number of para-hydroxylation sites is 2. The van der Waals surface area contributed by atoms with Crippen molar-refractivity contribution >= 4 is 39.2 Å². The number of carbonyl (C=O) groups excluding carboxylic acids is 2. The average Bonchev–Trinajstić information content (AvgIpc) is 2.90. The molecule has 5 aromatic rings. The largest absolute Gasteiger partial charge is 0.452 e. The topological polar surface area (TPSA) is 59.5 Å². The zero-order chi connectivity index (χ0) is 23.5. The Morgan fingerprint density at radius 1 is 0.794 bits per heavy atom. The van der Waals surface area contributed by atoms with Gasteiger partial charge in [-0.05, 0) is 35.0 Å². The molecule has 1 aromatic heterocycles. The van der Waals surface area contributed by atoms with E-state index >= 15 is 0 Å². The summed E-state index contributed by atoms with van der Waals surface area (Å²) >= 11 is 0. The van der Waals surface area contributed by atoms with Crippen LogP contribution in [0.25, 0.3) is 32.9 Å². The lowest BCUT2D eigenvalue weighted by molar-refractivity contribution is -0.121. The Balaban J connectivity index is 1.48. The van der Waals surface area contributed by atoms with Crippen LogP contribution in [-0.4, -0.2) is 30.5 Å². The first-order valence-corrected chi connectivity index (χ1v) is 11.0. The molecule has 1 amide bonds. The lowest BCUT2D eigenvalue weighted by Crippen LogP contribution is -2.31. The maximum atomic E-state index is 13.1. The fourth-order valence-electron chi connectivity index (χ4n) is 4.03. The van der Waals surface area contributed by atoms with E-state index in [1.54, 1.807) is 13.1 Å². The molecule has 0 unspecified atom stereocenters. The second-order valence-corrected chi connectivity index (χ2v) is 7.96. The molecule has 5 heteroatoms. The van der Waals surface area contributed by atoms with Gasteiger partial charge in [-0.1, -0.05) is 78.9 Å². The monoisotopic (exact) mass is 446 g/mol. The molecule has 0 saturated carbocycles. The lowest BCUT2D eigenvalue weighted by atomic mass is 9.99. The van der Waals surface area contributed by atoms with E-state index in [9.17, 15) is 9.59 Å². The number of rotatable bonds is 5. The number of esters is 1. The highest BCUT2D eigenvalue weighted by Gasteiger charge is 2.19. The third-order valence-corrected chi connectivity index (χ3v) is 5.85. The van der Waals surface area contributed by atoms with Crippen molar-refractivity contribution in [3.8, 4) is 11.3 Å². The van der Waals surface area contributed by atoms with E-state index in [4.69, 9.17) is 9.72 Å². The van der Waals surface area contributed by atoms with Gasteiger partial charge in [0.25, 0.3) is 5.91 Å². The number of anilines is 1. The third kappa shape index (κ3) is 4.11. The Labute approximate surface area is 197 Å². The fourth-order valence-corrected chi connectivity index (χ4v) is 4.03. The van der Waals surface area contributed by atoms with E-state index in [0.717, 1.165) is 22.0 Å². The van der Waals surface area contributed by atoms with Gasteiger partial charge in [0.2, 0.25) is 0 Å². The lowest BCUT2D eigenvalue weighted by Gasteiger charge is -2.17. The molecule has 0 aliphatic heterocycles. The highest BCUT2D eigenvalue weighted by Crippen LogP contribution is 2.30. The molecule has 0 bridgehead atoms. The molecule has 5 nitrogen and oxygen atoms in total. The molecule has 0 radical (unpaired) electrons. The molecule has 0 aliphatic carbocycles. The zero-order valence-corrected chi connectivity index (χ0v) is 18.6. The van der Waals surface area contributed by atoms with Crippen LogP contribution >= 0.6 is 0 Å². The van der Waals surface area contributed by atoms with Crippen molar-refractivity contribution < 1.29 is 14.3 Å². The minimum Gasteiger partial charge on any atom is -0.452 e. The summed E-state index contributed by atoms with van der Waals surface area (Å²) in [6, 6.07) is 32.5. The summed E-state index contributed by atoms with van der Waals surface area (Å²) in [5.74, 6) is -0.873. The molecule has 0 fully saturated rings. The molecule has 34 heavy (non-hydrogen) atoms. The van der Waals surface area contributed by atoms with Crippen LogP contribution in [0.15, 0.2) is 103 Å². The smallest absolute Gasteiger partial charge is 0.339 e. The van der Waals surface area contributed by atoms with Gasteiger partial charge in [-0.25, -0.2) is 9.78 Å². The molecular weight excluding hydrogens is 424 g/mol. The number of aromatic nitrogens is 1. The Morgan fingerprint density at radius 3 is 2.29 bits per heavy atom. The first-order chi connectivity index (χ1) is 16.6. The fraction of sp³-hybridized carbons (Fsp3) is 0.0690. The molecule has 0 atom stereocenters. The van der Waals surface area contributed by atoms with Crippen molar-refractivity contribution in [2.45, 2.75) is 0 Å². The summed E-state index contributed by atoms with van der Waals surface area (Å²) in [4.78, 5) is 32.1. The minimum atomic E-state index is -0.560. The molecule has 4 aromatic carbocycles. The van der Waals surface area contributed by atoms with E-state index in [2.05, 4.69) is 0 Å². The molecule has 0 spiro atoms. The van der Waals surface area contributed by atoms with Crippen LogP contribution in [0.3, 0.4) is 0 Å². The van der Waals surface area contributed by atoms with Crippen molar-refractivity contribution in [1.29, 1.82) is 0 Å². The maximum Gasteiger partial charge on any atom is 0.339 e. The van der Waals surface area contributed by atoms with E-state index in [1.807, 2.05) is 97.1 Å². The Hall–Kier alpha value is -4.51. The van der Waals surface area contributed by atoms with E-state index < -0.39 is 5.97 Å². The quantitative estimate of drug-likeness (QED) is 0.317. The molecule has 166 valence electrons. The summed E-state index contributed by atoms with van der Waals surface area (Å²) in [5, 5.41) is 2.82. The first kappa shape index (κ1) is 21.3. The Bertz CT molecular complexity index is 1510. The van der Waals surface area contributed by atoms with Crippen LogP contribution in [0, 0.1) is 0 Å². The van der Waals surface area contributed by atoms with Crippen LogP contribution in [0.2, 0.25) is 0 Å². The molecule has 0 N–H and O–H groups in total. The number of likely N-dealkylation sites (N-methyl/N-ethyl adjacent to an activating group) is 1. The highest BCUT2D eigenvalue weighted by molar-refractivity contribution is 6.07. The summed E-state index contributed by atoms with van der Waals surface area (Å²) in [6.45, 7) is -0.357. The summed E-state index contributed by atoms with van der Waals surface area (Å²) in [5.41, 5.74) is 3.40. The Kier molecular flexibility index (Phi) is 5.75. The molecule has 5 rings (SSSR count). The number of benzene rings is 4. The van der Waals surface area contributed by atoms with Gasteiger partial charge in [-0.15, -0.1) is 0 Å². The van der Waals surface area contributed by atoms with Crippen LogP contribution in [0.5, 0.6) is 0 Å². The predicted octanol–water partition coefficient (Wildman–Crippen LogP) is 5.87. The van der Waals surface area contributed by atoms with Gasteiger partial charge in [-0.2, -0.15) is 0 Å². The van der Waals surface area contributed by atoms with Crippen molar-refractivity contribution in [3.63, 3.8) is 0 Å². The average molecular weight is 447 g/mol. The van der Waals surface area contributed by atoms with Gasteiger partial charge >= 0.3 is 5.97 Å². The second kappa shape index (κ2) is 9.16. The number of hydrogen-bond acceptors (Lipinski definition) is 4. The van der Waals surface area contributed by atoms with Crippen molar-refractivity contribution in [1.82, 2.24) is 4.98 Å². The maximum absolute atomic E-state index is 13.1. The number of carbonyl (C=O) groups is 2. The van der Waals surface area contributed by atoms with E-state index in [-0.39, 0.29) is 12.5 Å². The van der Waals surface area contributed by atoms with Gasteiger partial charge in [0.05, 0.1) is 16.8 Å². The molecular formula is C29H22N2O3. The van der Waals surface area contributed by atoms with Crippen molar-refractivity contribution in [2.24, 2.45) is 0 Å². The zero-order valence-electron chi connectivity index (χ0n) is 18.6. The van der Waals surface area contributed by atoms with Gasteiger partial charge in [0, 0.05) is 23.7 Å². The van der Waals surface area contributed by atoms with Crippen molar-refractivity contribution in [3.05, 3.63) is 109 Å². The van der Waals surface area contributed by atoms with Gasteiger partial charge in [0.15, 0.2) is 6.61 Å². The standard InChI is InChI=1S/C29H22N2O3/c1-31(21-12-3-2-4-13-21)28(32)19-34-29(33)25-18-27(30-26-17-8-7-15-24(25)26)23-16-9-11-20-10-5-6-14-22(20)23/h2-18H,19H2,1H3. The molecule has 1 heterocycles. The number of pyridine rings is 1. The third-order valence-electron chi connectivity index (χ3n) is 5.85. The first-order valence-electron chi connectivity index (χ1n) is 11.0. The van der Waals surface area contributed by atoms with Crippen LogP contribution < -0.4 is 4.90 Å². The normalized spacial score (nSPS) is 10.9. The summed E-state index contributed by atoms with van der Waals surface area (Å²) < 4.78 is 5.46. The van der Waals surface area contributed by atoms with Gasteiger partial charge < -0.3 is 9.64 Å². The number of amides is 1. The summed E-state index contributed by atoms with van der Waals surface area (Å²) in [6.07, 6.45) is 0.